The molecule has 0 N–H and O–H groups in total. The Morgan fingerprint density at radius 1 is 1.41 bits per heavy atom. The molecule has 0 spiro atoms. The van der Waals surface area contributed by atoms with Crippen molar-refractivity contribution in [2.75, 3.05) is 11.9 Å². The Labute approximate surface area is 113 Å². The van der Waals surface area contributed by atoms with Crippen molar-refractivity contribution in [2.24, 2.45) is 0 Å². The van der Waals surface area contributed by atoms with E-state index >= 15 is 0 Å². The van der Waals surface area contributed by atoms with Crippen molar-refractivity contribution >= 4 is 33.0 Å². The van der Waals surface area contributed by atoms with Gasteiger partial charge in [0, 0.05) is 22.1 Å². The number of hydrogen-bond acceptors (Lipinski definition) is 3. The third-order valence-electron chi connectivity index (χ3n) is 2.49. The van der Waals surface area contributed by atoms with Crippen molar-refractivity contribution < 1.29 is 0 Å². The zero-order valence-electron chi connectivity index (χ0n) is 9.35. The Balaban J connectivity index is 2.17. The maximum Gasteiger partial charge on any atom is 0.100 e. The first kappa shape index (κ1) is 12.2. The summed E-state index contributed by atoms with van der Waals surface area (Å²) in [5.41, 5.74) is 1.77. The summed E-state index contributed by atoms with van der Waals surface area (Å²) in [5, 5.41) is 10.9. The lowest BCUT2D eigenvalue weighted by Gasteiger charge is -2.18. The average Bonchev–Trinajstić information content (AvgIpc) is 2.81. The van der Waals surface area contributed by atoms with E-state index in [0.29, 0.717) is 5.56 Å². The minimum absolute atomic E-state index is 0.665. The zero-order valence-corrected chi connectivity index (χ0v) is 11.8. The van der Waals surface area contributed by atoms with Gasteiger partial charge in [-0.1, -0.05) is 6.07 Å². The number of thiophene rings is 1. The van der Waals surface area contributed by atoms with E-state index in [-0.39, 0.29) is 0 Å². The van der Waals surface area contributed by atoms with Crippen molar-refractivity contribution in [1.82, 2.24) is 0 Å². The largest absolute Gasteiger partial charge is 0.369 e. The van der Waals surface area contributed by atoms with Crippen LogP contribution in [0.2, 0.25) is 0 Å². The van der Waals surface area contributed by atoms with Crippen LogP contribution in [0.1, 0.15) is 10.4 Å². The summed E-state index contributed by atoms with van der Waals surface area (Å²) in [7, 11) is 2.05. The molecule has 0 aliphatic carbocycles. The summed E-state index contributed by atoms with van der Waals surface area (Å²) in [4.78, 5) is 3.49. The number of hydrogen-bond donors (Lipinski definition) is 0. The van der Waals surface area contributed by atoms with Crippen LogP contribution in [-0.2, 0) is 6.54 Å². The molecule has 0 atom stereocenters. The molecule has 1 heterocycles. The minimum atomic E-state index is 0.665. The van der Waals surface area contributed by atoms with Gasteiger partial charge in [0.25, 0.3) is 0 Å². The molecule has 17 heavy (non-hydrogen) atoms. The van der Waals surface area contributed by atoms with Gasteiger partial charge < -0.3 is 4.90 Å². The van der Waals surface area contributed by atoms with Crippen LogP contribution in [0, 0.1) is 11.3 Å². The fourth-order valence-electron chi connectivity index (χ4n) is 1.56. The molecule has 2 aromatic rings. The lowest BCUT2D eigenvalue weighted by molar-refractivity contribution is 0.939. The van der Waals surface area contributed by atoms with E-state index < -0.39 is 0 Å². The van der Waals surface area contributed by atoms with Crippen molar-refractivity contribution in [3.63, 3.8) is 0 Å². The highest BCUT2D eigenvalue weighted by atomic mass is 79.9. The first-order valence-electron chi connectivity index (χ1n) is 5.14. The second kappa shape index (κ2) is 5.35. The van der Waals surface area contributed by atoms with E-state index in [9.17, 15) is 0 Å². The molecule has 0 fully saturated rings. The van der Waals surface area contributed by atoms with Crippen molar-refractivity contribution in [2.45, 2.75) is 6.54 Å². The van der Waals surface area contributed by atoms with Crippen LogP contribution in [0.3, 0.4) is 0 Å². The lowest BCUT2D eigenvalue weighted by Crippen LogP contribution is -2.15. The van der Waals surface area contributed by atoms with E-state index in [4.69, 9.17) is 5.26 Å². The van der Waals surface area contributed by atoms with Crippen LogP contribution in [0.15, 0.2) is 40.2 Å². The van der Waals surface area contributed by atoms with Gasteiger partial charge in [-0.15, -0.1) is 11.3 Å². The van der Waals surface area contributed by atoms with E-state index in [2.05, 4.69) is 44.4 Å². The van der Waals surface area contributed by atoms with Crippen molar-refractivity contribution in [3.05, 3.63) is 50.6 Å². The second-order valence-corrected chi connectivity index (χ2v) is 5.60. The van der Waals surface area contributed by atoms with Crippen LogP contribution < -0.4 is 4.90 Å². The SMILES string of the molecule is CN(Cc1cccs1)c1ccc(C#N)c(Br)c1. The monoisotopic (exact) mass is 306 g/mol. The summed E-state index contributed by atoms with van der Waals surface area (Å²) in [5.74, 6) is 0. The molecule has 2 nitrogen and oxygen atoms in total. The Morgan fingerprint density at radius 3 is 2.82 bits per heavy atom. The van der Waals surface area contributed by atoms with Gasteiger partial charge in [-0.2, -0.15) is 5.26 Å². The molecule has 0 saturated heterocycles. The topological polar surface area (TPSA) is 27.0 Å². The fraction of sp³-hybridized carbons (Fsp3) is 0.154. The predicted octanol–water partition coefficient (Wildman–Crippen LogP) is 4.02. The summed E-state index contributed by atoms with van der Waals surface area (Å²) < 4.78 is 0.843. The minimum Gasteiger partial charge on any atom is -0.369 e. The molecule has 86 valence electrons. The quantitative estimate of drug-likeness (QED) is 0.856. The Hall–Kier alpha value is -1.31. The van der Waals surface area contributed by atoms with Gasteiger partial charge in [-0.3, -0.25) is 0 Å². The molecule has 1 aromatic carbocycles. The zero-order chi connectivity index (χ0) is 12.3. The van der Waals surface area contributed by atoms with Gasteiger partial charge in [0.15, 0.2) is 0 Å². The standard InChI is InChI=1S/C13H11BrN2S/c1-16(9-12-3-2-6-17-12)11-5-4-10(8-15)13(14)7-11/h2-7H,9H2,1H3. The Bertz CT molecular complexity index is 543. The van der Waals surface area contributed by atoms with Gasteiger partial charge in [0.2, 0.25) is 0 Å². The number of anilines is 1. The number of nitriles is 1. The van der Waals surface area contributed by atoms with E-state index in [1.807, 2.05) is 25.2 Å². The molecular formula is C13H11BrN2S. The van der Waals surface area contributed by atoms with Crippen LogP contribution in [-0.4, -0.2) is 7.05 Å². The molecule has 1 aromatic heterocycles. The number of nitrogens with zero attached hydrogens (tertiary/aromatic N) is 2. The third kappa shape index (κ3) is 2.87. The van der Waals surface area contributed by atoms with Crippen molar-refractivity contribution in [1.29, 1.82) is 5.26 Å². The van der Waals surface area contributed by atoms with Gasteiger partial charge in [-0.05, 0) is 45.6 Å². The average molecular weight is 307 g/mol. The smallest absolute Gasteiger partial charge is 0.100 e. The first-order chi connectivity index (χ1) is 8.20. The summed E-state index contributed by atoms with van der Waals surface area (Å²) in [6, 6.07) is 12.1. The molecule has 2 rings (SSSR count). The molecule has 4 heteroatoms. The molecular weight excluding hydrogens is 296 g/mol. The molecule has 0 unspecified atom stereocenters. The first-order valence-corrected chi connectivity index (χ1v) is 6.81. The van der Waals surface area contributed by atoms with E-state index in [1.165, 1.54) is 4.88 Å². The molecule has 0 bridgehead atoms. The lowest BCUT2D eigenvalue weighted by atomic mass is 10.2. The Morgan fingerprint density at radius 2 is 2.24 bits per heavy atom. The van der Waals surface area contributed by atoms with Gasteiger partial charge in [-0.25, -0.2) is 0 Å². The molecule has 0 amide bonds. The fourth-order valence-corrected chi connectivity index (χ4v) is 2.77. The third-order valence-corrected chi connectivity index (χ3v) is 4.00. The number of benzene rings is 1. The predicted molar refractivity (Wildman–Crippen MR) is 75.3 cm³/mol. The number of halogens is 1. The van der Waals surface area contributed by atoms with Crippen LogP contribution >= 0.6 is 27.3 Å². The van der Waals surface area contributed by atoms with Gasteiger partial charge >= 0.3 is 0 Å². The van der Waals surface area contributed by atoms with Crippen LogP contribution in [0.25, 0.3) is 0 Å². The molecule has 0 radical (unpaired) electrons. The highest BCUT2D eigenvalue weighted by Gasteiger charge is 2.06. The molecule has 0 aliphatic heterocycles. The maximum absolute atomic E-state index is 8.86. The summed E-state index contributed by atoms with van der Waals surface area (Å²) in [6.07, 6.45) is 0. The van der Waals surface area contributed by atoms with Gasteiger partial charge in [0.05, 0.1) is 12.1 Å². The number of rotatable bonds is 3. The summed E-state index contributed by atoms with van der Waals surface area (Å²) >= 11 is 5.16. The second-order valence-electron chi connectivity index (χ2n) is 3.71. The molecule has 0 aliphatic rings. The highest BCUT2D eigenvalue weighted by molar-refractivity contribution is 9.10. The maximum atomic E-state index is 8.86. The van der Waals surface area contributed by atoms with Crippen LogP contribution in [0.4, 0.5) is 5.69 Å². The van der Waals surface area contributed by atoms with E-state index in [1.54, 1.807) is 11.3 Å². The van der Waals surface area contributed by atoms with Crippen molar-refractivity contribution in [3.8, 4) is 6.07 Å². The highest BCUT2D eigenvalue weighted by Crippen LogP contribution is 2.24. The molecule has 0 saturated carbocycles. The van der Waals surface area contributed by atoms with E-state index in [0.717, 1.165) is 16.7 Å². The van der Waals surface area contributed by atoms with Crippen LogP contribution in [0.5, 0.6) is 0 Å². The van der Waals surface area contributed by atoms with Gasteiger partial charge in [0.1, 0.15) is 6.07 Å². The summed E-state index contributed by atoms with van der Waals surface area (Å²) in [6.45, 7) is 0.885. The normalized spacial score (nSPS) is 9.94. The Kier molecular flexibility index (Phi) is 3.82.